The van der Waals surface area contributed by atoms with Crippen LogP contribution in [0.1, 0.15) is 63.9 Å². The maximum Gasteiger partial charge on any atom is 0.340 e. The Bertz CT molecular complexity index is 823. The average molecular weight is 371 g/mol. The molecule has 0 saturated heterocycles. The van der Waals surface area contributed by atoms with E-state index in [-0.39, 0.29) is 24.7 Å². The van der Waals surface area contributed by atoms with Gasteiger partial charge in [-0.15, -0.1) is 0 Å². The number of hydrogen-bond donors (Lipinski definition) is 1. The third kappa shape index (κ3) is 4.64. The van der Waals surface area contributed by atoms with Crippen LogP contribution >= 0.6 is 0 Å². The normalized spacial score (nSPS) is 11.7. The minimum atomic E-state index is -0.477. The number of carbonyl (C=O) groups excluding carboxylic acids is 3. The number of ketones is 1. The zero-order chi connectivity index (χ0) is 20.0. The van der Waals surface area contributed by atoms with Gasteiger partial charge < -0.3 is 14.5 Å². The van der Waals surface area contributed by atoms with Crippen molar-refractivity contribution in [2.24, 2.45) is 0 Å². The minimum absolute atomic E-state index is 0.252. The number of rotatable bonds is 8. The molecule has 1 aromatic carbocycles. The number of aromatic nitrogens is 1. The van der Waals surface area contributed by atoms with Crippen molar-refractivity contribution in [3.63, 3.8) is 0 Å². The monoisotopic (exact) mass is 371 g/mol. The van der Waals surface area contributed by atoms with E-state index in [1.807, 2.05) is 37.3 Å². The largest absolute Gasteiger partial charge is 0.462 e. The number of Topliss-reactive ketones (excluding diaryl/α,β-unsaturated/α-hetero) is 1. The Morgan fingerprint density at radius 2 is 1.70 bits per heavy atom. The van der Waals surface area contributed by atoms with Crippen LogP contribution < -0.4 is 0 Å². The lowest BCUT2D eigenvalue weighted by Gasteiger charge is -2.14. The van der Waals surface area contributed by atoms with Crippen LogP contribution in [-0.4, -0.2) is 35.9 Å². The van der Waals surface area contributed by atoms with Crippen LogP contribution in [0.25, 0.3) is 0 Å². The van der Waals surface area contributed by atoms with Crippen LogP contribution in [0.4, 0.5) is 0 Å². The van der Waals surface area contributed by atoms with Crippen LogP contribution in [0.2, 0.25) is 0 Å². The lowest BCUT2D eigenvalue weighted by molar-refractivity contribution is -0.144. The third-order valence-corrected chi connectivity index (χ3v) is 4.44. The van der Waals surface area contributed by atoms with Gasteiger partial charge in [-0.2, -0.15) is 0 Å². The molecule has 0 aliphatic heterocycles. The van der Waals surface area contributed by atoms with Crippen molar-refractivity contribution in [2.45, 2.75) is 40.0 Å². The molecule has 1 heterocycles. The smallest absolute Gasteiger partial charge is 0.340 e. The molecular formula is C21H25NO5. The topological polar surface area (TPSA) is 85.5 Å². The Kier molecular flexibility index (Phi) is 6.93. The second kappa shape index (κ2) is 9.16. The van der Waals surface area contributed by atoms with E-state index in [0.29, 0.717) is 23.2 Å². The van der Waals surface area contributed by atoms with Gasteiger partial charge in [-0.3, -0.25) is 9.59 Å². The molecule has 1 aromatic heterocycles. The SMILES string of the molecule is CCOC(=O)c1c(C)[nH]c(C(=O)COC(=O)[C@@H](CC)c2ccccc2)c1C. The quantitative estimate of drug-likeness (QED) is 0.564. The molecule has 0 bridgehead atoms. The minimum Gasteiger partial charge on any atom is -0.462 e. The van der Waals surface area contributed by atoms with E-state index in [1.165, 1.54) is 0 Å². The van der Waals surface area contributed by atoms with E-state index >= 15 is 0 Å². The molecule has 0 amide bonds. The zero-order valence-electron chi connectivity index (χ0n) is 16.1. The Morgan fingerprint density at radius 3 is 2.30 bits per heavy atom. The molecule has 6 heteroatoms. The van der Waals surface area contributed by atoms with Gasteiger partial charge in [0.05, 0.1) is 23.8 Å². The van der Waals surface area contributed by atoms with Crippen LogP contribution in [-0.2, 0) is 14.3 Å². The van der Waals surface area contributed by atoms with Crippen molar-refractivity contribution >= 4 is 17.7 Å². The second-order valence-electron chi connectivity index (χ2n) is 6.25. The van der Waals surface area contributed by atoms with Gasteiger partial charge in [0.1, 0.15) is 0 Å². The van der Waals surface area contributed by atoms with E-state index in [2.05, 4.69) is 4.98 Å². The highest BCUT2D eigenvalue weighted by atomic mass is 16.5. The number of aromatic amines is 1. The van der Waals surface area contributed by atoms with E-state index in [0.717, 1.165) is 5.56 Å². The summed E-state index contributed by atoms with van der Waals surface area (Å²) in [7, 11) is 0. The molecule has 6 nitrogen and oxygen atoms in total. The van der Waals surface area contributed by atoms with Crippen LogP contribution in [0.5, 0.6) is 0 Å². The summed E-state index contributed by atoms with van der Waals surface area (Å²) >= 11 is 0. The van der Waals surface area contributed by atoms with Crippen LogP contribution in [0, 0.1) is 13.8 Å². The molecule has 0 fully saturated rings. The molecule has 0 unspecified atom stereocenters. The third-order valence-electron chi connectivity index (χ3n) is 4.44. The highest BCUT2D eigenvalue weighted by Gasteiger charge is 2.25. The first-order valence-electron chi connectivity index (χ1n) is 9.01. The van der Waals surface area contributed by atoms with E-state index in [1.54, 1.807) is 20.8 Å². The van der Waals surface area contributed by atoms with Crippen molar-refractivity contribution < 1.29 is 23.9 Å². The first-order valence-corrected chi connectivity index (χ1v) is 9.01. The van der Waals surface area contributed by atoms with Crippen molar-refractivity contribution in [1.29, 1.82) is 0 Å². The Balaban J connectivity index is 2.08. The molecule has 0 aliphatic rings. The van der Waals surface area contributed by atoms with Gasteiger partial charge in [-0.05, 0) is 38.3 Å². The van der Waals surface area contributed by atoms with Crippen molar-refractivity contribution in [3.8, 4) is 0 Å². The first kappa shape index (κ1) is 20.4. The van der Waals surface area contributed by atoms with Gasteiger partial charge in [0.15, 0.2) is 6.61 Å². The maximum atomic E-state index is 12.5. The standard InChI is InChI=1S/C21H25NO5/c1-5-16(15-10-8-7-9-11-15)20(24)27-12-17(23)19-13(3)18(14(4)22-19)21(25)26-6-2/h7-11,16,22H,5-6,12H2,1-4H3/t16-/m0/s1. The van der Waals surface area contributed by atoms with Crippen molar-refractivity contribution in [2.75, 3.05) is 13.2 Å². The molecule has 1 atom stereocenters. The molecule has 27 heavy (non-hydrogen) atoms. The van der Waals surface area contributed by atoms with E-state index in [4.69, 9.17) is 9.47 Å². The number of hydrogen-bond acceptors (Lipinski definition) is 5. The maximum absolute atomic E-state index is 12.5. The number of benzene rings is 1. The van der Waals surface area contributed by atoms with Crippen LogP contribution in [0.3, 0.4) is 0 Å². The fourth-order valence-electron chi connectivity index (χ4n) is 3.07. The summed E-state index contributed by atoms with van der Waals surface area (Å²) in [4.78, 5) is 39.8. The predicted octanol–water partition coefficient (Wildman–Crippen LogP) is 3.73. The Hall–Kier alpha value is -2.89. The first-order chi connectivity index (χ1) is 12.9. The Morgan fingerprint density at radius 1 is 1.04 bits per heavy atom. The summed E-state index contributed by atoms with van der Waals surface area (Å²) in [6.45, 7) is 6.85. The van der Waals surface area contributed by atoms with Crippen molar-refractivity contribution in [1.82, 2.24) is 4.98 Å². The summed E-state index contributed by atoms with van der Waals surface area (Å²) in [5, 5.41) is 0. The van der Waals surface area contributed by atoms with Gasteiger partial charge in [-0.25, -0.2) is 4.79 Å². The molecule has 0 aliphatic carbocycles. The van der Waals surface area contributed by atoms with Gasteiger partial charge in [0.2, 0.25) is 5.78 Å². The number of esters is 2. The fraction of sp³-hybridized carbons (Fsp3) is 0.381. The molecule has 0 spiro atoms. The molecule has 144 valence electrons. The second-order valence-corrected chi connectivity index (χ2v) is 6.25. The summed E-state index contributed by atoms with van der Waals surface area (Å²) in [5.41, 5.74) is 2.52. The van der Waals surface area contributed by atoms with Gasteiger partial charge >= 0.3 is 11.9 Å². The molecular weight excluding hydrogens is 346 g/mol. The highest BCUT2D eigenvalue weighted by molar-refractivity contribution is 6.02. The molecule has 0 saturated carbocycles. The molecule has 2 aromatic rings. The Labute approximate surface area is 158 Å². The number of aryl methyl sites for hydroxylation is 1. The van der Waals surface area contributed by atoms with Gasteiger partial charge in [0.25, 0.3) is 0 Å². The van der Waals surface area contributed by atoms with E-state index < -0.39 is 17.9 Å². The number of carbonyl (C=O) groups is 3. The molecule has 0 radical (unpaired) electrons. The summed E-state index contributed by atoms with van der Waals surface area (Å²) in [6.07, 6.45) is 0.574. The number of ether oxygens (including phenoxy) is 2. The van der Waals surface area contributed by atoms with Gasteiger partial charge in [0, 0.05) is 5.69 Å². The zero-order valence-corrected chi connectivity index (χ0v) is 16.1. The highest BCUT2D eigenvalue weighted by Crippen LogP contribution is 2.22. The number of nitrogens with one attached hydrogen (secondary N) is 1. The molecule has 2 rings (SSSR count). The van der Waals surface area contributed by atoms with Crippen molar-refractivity contribution in [3.05, 3.63) is 58.4 Å². The average Bonchev–Trinajstić information content (AvgIpc) is 2.96. The van der Waals surface area contributed by atoms with Crippen LogP contribution in [0.15, 0.2) is 30.3 Å². The van der Waals surface area contributed by atoms with Gasteiger partial charge in [-0.1, -0.05) is 37.3 Å². The number of H-pyrrole nitrogens is 1. The lowest BCUT2D eigenvalue weighted by atomic mass is 9.97. The molecule has 1 N–H and O–H groups in total. The lowest BCUT2D eigenvalue weighted by Crippen LogP contribution is -2.20. The predicted molar refractivity (Wildman–Crippen MR) is 101 cm³/mol. The summed E-state index contributed by atoms with van der Waals surface area (Å²) in [6, 6.07) is 9.32. The fourth-order valence-corrected chi connectivity index (χ4v) is 3.07. The van der Waals surface area contributed by atoms with E-state index in [9.17, 15) is 14.4 Å². The summed E-state index contributed by atoms with van der Waals surface area (Å²) in [5.74, 6) is -1.72. The summed E-state index contributed by atoms with van der Waals surface area (Å²) < 4.78 is 10.3.